The first-order valence-corrected chi connectivity index (χ1v) is 9.20. The van der Waals surface area contributed by atoms with E-state index in [-0.39, 0.29) is 5.91 Å². The Balaban J connectivity index is 1.57. The molecule has 0 atom stereocenters. The minimum atomic E-state index is -0.235. The first-order valence-electron chi connectivity index (χ1n) is 6.75. The molecule has 120 valence electrons. The summed E-state index contributed by atoms with van der Waals surface area (Å²) in [6.07, 6.45) is 5.19. The van der Waals surface area contributed by atoms with Crippen LogP contribution in [-0.2, 0) is 0 Å². The summed E-state index contributed by atoms with van der Waals surface area (Å²) in [6, 6.07) is 5.28. The summed E-state index contributed by atoms with van der Waals surface area (Å²) in [6.45, 7) is 0. The smallest absolute Gasteiger partial charge is 0.258 e. The number of rotatable bonds is 3. The zero-order valence-electron chi connectivity index (χ0n) is 11.9. The van der Waals surface area contributed by atoms with Gasteiger partial charge in [-0.2, -0.15) is 0 Å². The summed E-state index contributed by atoms with van der Waals surface area (Å²) < 4.78 is 2.96. The van der Waals surface area contributed by atoms with Crippen LogP contribution in [0.25, 0.3) is 16.9 Å². The van der Waals surface area contributed by atoms with Gasteiger partial charge in [-0.3, -0.25) is 10.1 Å². The normalized spacial score (nSPS) is 11.1. The van der Waals surface area contributed by atoms with Gasteiger partial charge in [0.05, 0.1) is 15.6 Å². The molecule has 1 N–H and O–H groups in total. The topological polar surface area (TPSA) is 59.3 Å². The van der Waals surface area contributed by atoms with E-state index in [1.165, 1.54) is 22.7 Å². The number of thiazole rings is 1. The van der Waals surface area contributed by atoms with Crippen molar-refractivity contribution in [3.63, 3.8) is 0 Å². The molecule has 4 heterocycles. The average Bonchev–Trinajstić information content (AvgIpc) is 3.26. The summed E-state index contributed by atoms with van der Waals surface area (Å²) in [7, 11) is 0. The highest BCUT2D eigenvalue weighted by atomic mass is 35.5. The third-order valence-electron chi connectivity index (χ3n) is 3.31. The molecule has 0 bridgehead atoms. The lowest BCUT2D eigenvalue weighted by molar-refractivity contribution is 0.102. The number of nitrogens with one attached hydrogen (secondary N) is 1. The van der Waals surface area contributed by atoms with Gasteiger partial charge in [0.15, 0.2) is 5.13 Å². The zero-order chi connectivity index (χ0) is 16.7. The summed E-state index contributed by atoms with van der Waals surface area (Å²) in [5, 5.41) is 5.13. The summed E-state index contributed by atoms with van der Waals surface area (Å²) in [5.74, 6) is -0.235. The van der Waals surface area contributed by atoms with Crippen molar-refractivity contribution >= 4 is 62.6 Å². The molecule has 0 saturated carbocycles. The van der Waals surface area contributed by atoms with Crippen LogP contribution in [0.1, 0.15) is 10.4 Å². The highest BCUT2D eigenvalue weighted by Gasteiger charge is 2.14. The predicted molar refractivity (Wildman–Crippen MR) is 98.6 cm³/mol. The number of nitrogens with zero attached hydrogens (tertiary/aromatic N) is 3. The minimum Gasteiger partial charge on any atom is -0.306 e. The van der Waals surface area contributed by atoms with Crippen molar-refractivity contribution in [2.75, 3.05) is 5.32 Å². The number of imidazole rings is 1. The van der Waals surface area contributed by atoms with Crippen molar-refractivity contribution in [1.29, 1.82) is 0 Å². The molecule has 0 aliphatic rings. The molecule has 4 aromatic rings. The SMILES string of the molecule is O=C(Nc1nc(-c2cc(Cl)sc2Cl)cs1)c1ccc2nccn2c1. The van der Waals surface area contributed by atoms with E-state index >= 15 is 0 Å². The van der Waals surface area contributed by atoms with Crippen molar-refractivity contribution in [3.8, 4) is 11.3 Å². The van der Waals surface area contributed by atoms with Crippen molar-refractivity contribution in [2.24, 2.45) is 0 Å². The Labute approximate surface area is 154 Å². The van der Waals surface area contributed by atoms with E-state index in [9.17, 15) is 4.79 Å². The van der Waals surface area contributed by atoms with Gasteiger partial charge in [-0.15, -0.1) is 22.7 Å². The molecule has 4 rings (SSSR count). The molecular weight excluding hydrogens is 387 g/mol. The second kappa shape index (κ2) is 6.18. The monoisotopic (exact) mass is 394 g/mol. The van der Waals surface area contributed by atoms with Crippen molar-refractivity contribution in [2.45, 2.75) is 0 Å². The molecule has 0 aromatic carbocycles. The van der Waals surface area contributed by atoms with Gasteiger partial charge in [-0.05, 0) is 18.2 Å². The average molecular weight is 395 g/mol. The number of carbonyl (C=O) groups excluding carboxylic acids is 1. The maximum Gasteiger partial charge on any atom is 0.258 e. The van der Waals surface area contributed by atoms with Crippen molar-refractivity contribution < 1.29 is 4.79 Å². The Bertz CT molecular complexity index is 1050. The maximum absolute atomic E-state index is 12.4. The Morgan fingerprint density at radius 3 is 2.96 bits per heavy atom. The number of amides is 1. The molecule has 1 amide bonds. The summed E-state index contributed by atoms with van der Waals surface area (Å²) in [5.41, 5.74) is 2.76. The summed E-state index contributed by atoms with van der Waals surface area (Å²) in [4.78, 5) is 20.9. The fourth-order valence-corrected chi connectivity index (χ4v) is 4.38. The van der Waals surface area contributed by atoms with E-state index < -0.39 is 0 Å². The fourth-order valence-electron chi connectivity index (χ4n) is 2.19. The van der Waals surface area contributed by atoms with Gasteiger partial charge in [0, 0.05) is 29.5 Å². The van der Waals surface area contributed by atoms with Crippen LogP contribution in [0.5, 0.6) is 0 Å². The molecule has 0 aliphatic heterocycles. The maximum atomic E-state index is 12.4. The number of pyridine rings is 1. The summed E-state index contributed by atoms with van der Waals surface area (Å²) >= 11 is 14.7. The van der Waals surface area contributed by atoms with Gasteiger partial charge < -0.3 is 4.40 Å². The number of halogens is 2. The Morgan fingerprint density at radius 2 is 2.17 bits per heavy atom. The lowest BCUT2D eigenvalue weighted by Crippen LogP contribution is -2.12. The van der Waals surface area contributed by atoms with Crippen LogP contribution in [0.3, 0.4) is 0 Å². The molecule has 0 radical (unpaired) electrons. The number of carbonyl (C=O) groups is 1. The van der Waals surface area contributed by atoms with Gasteiger partial charge >= 0.3 is 0 Å². The minimum absolute atomic E-state index is 0.235. The third-order valence-corrected chi connectivity index (χ3v) is 5.55. The molecule has 0 aliphatic carbocycles. The van der Waals surface area contributed by atoms with E-state index in [4.69, 9.17) is 23.2 Å². The van der Waals surface area contributed by atoms with Gasteiger partial charge in [-0.1, -0.05) is 23.2 Å². The highest BCUT2D eigenvalue weighted by Crippen LogP contribution is 2.39. The largest absolute Gasteiger partial charge is 0.306 e. The molecule has 9 heteroatoms. The van der Waals surface area contributed by atoms with Gasteiger partial charge in [0.1, 0.15) is 9.98 Å². The van der Waals surface area contributed by atoms with Crippen LogP contribution in [-0.4, -0.2) is 20.3 Å². The van der Waals surface area contributed by atoms with E-state index in [2.05, 4.69) is 15.3 Å². The number of aromatic nitrogens is 3. The van der Waals surface area contributed by atoms with E-state index in [0.717, 1.165) is 11.2 Å². The first kappa shape index (κ1) is 15.6. The van der Waals surface area contributed by atoms with Gasteiger partial charge in [0.2, 0.25) is 0 Å². The van der Waals surface area contributed by atoms with Gasteiger partial charge in [0.25, 0.3) is 5.91 Å². The predicted octanol–water partition coefficient (Wildman–Crippen LogP) is 5.08. The molecule has 24 heavy (non-hydrogen) atoms. The Hall–Kier alpha value is -1.93. The number of hydrogen-bond acceptors (Lipinski definition) is 5. The Kier molecular flexibility index (Phi) is 4.01. The highest BCUT2D eigenvalue weighted by molar-refractivity contribution is 7.20. The molecule has 5 nitrogen and oxygen atoms in total. The van der Waals surface area contributed by atoms with E-state index in [1.807, 2.05) is 5.38 Å². The Morgan fingerprint density at radius 1 is 1.29 bits per heavy atom. The number of hydrogen-bond donors (Lipinski definition) is 1. The molecule has 4 aromatic heterocycles. The first-order chi connectivity index (χ1) is 11.6. The second-order valence-corrected chi connectivity index (χ2v) is 7.98. The molecule has 0 unspecified atom stereocenters. The fraction of sp³-hybridized carbons (Fsp3) is 0. The number of anilines is 1. The molecular formula is C15H8Cl2N4OS2. The number of thiophene rings is 1. The van der Waals surface area contributed by atoms with Crippen LogP contribution in [0.15, 0.2) is 42.2 Å². The van der Waals surface area contributed by atoms with Crippen LogP contribution in [0.2, 0.25) is 8.67 Å². The van der Waals surface area contributed by atoms with Crippen molar-refractivity contribution in [1.82, 2.24) is 14.4 Å². The lowest BCUT2D eigenvalue weighted by atomic mass is 10.2. The quantitative estimate of drug-likeness (QED) is 0.526. The van der Waals surface area contributed by atoms with Gasteiger partial charge in [-0.25, -0.2) is 9.97 Å². The van der Waals surface area contributed by atoms with Crippen molar-refractivity contribution in [3.05, 3.63) is 56.4 Å². The van der Waals surface area contributed by atoms with Crippen LogP contribution < -0.4 is 5.32 Å². The zero-order valence-corrected chi connectivity index (χ0v) is 15.0. The second-order valence-electron chi connectivity index (χ2n) is 4.84. The lowest BCUT2D eigenvalue weighted by Gasteiger charge is -2.02. The number of fused-ring (bicyclic) bond motifs is 1. The van der Waals surface area contributed by atoms with Crippen LogP contribution in [0, 0.1) is 0 Å². The van der Waals surface area contributed by atoms with Crippen LogP contribution >= 0.6 is 45.9 Å². The molecule has 0 saturated heterocycles. The third kappa shape index (κ3) is 2.91. The molecule has 0 spiro atoms. The van der Waals surface area contributed by atoms with Crippen LogP contribution in [0.4, 0.5) is 5.13 Å². The molecule has 0 fully saturated rings. The van der Waals surface area contributed by atoms with E-state index in [1.54, 1.807) is 41.2 Å². The standard InChI is InChI=1S/C15H8Cl2N4OS2/c16-11-5-9(13(17)24-11)10-7-23-15(19-10)20-14(22)8-1-2-12-18-3-4-21(12)6-8/h1-7H,(H,19,20,22). The van der Waals surface area contributed by atoms with E-state index in [0.29, 0.717) is 25.1 Å².